The van der Waals surface area contributed by atoms with Crippen LogP contribution in [0.25, 0.3) is 0 Å². The first-order valence-electron chi connectivity index (χ1n) is 5.18. The number of para-hydroxylation sites is 1. The standard InChI is InChI=1S/C11H15N3O.ClH/c15-11(14-8-6-12-7-9-14)13-10-4-2-1-3-5-10;/h1-5,12H,6-9H2,(H,13,15);1H. The van der Waals surface area contributed by atoms with Crippen LogP contribution in [0.2, 0.25) is 0 Å². The summed E-state index contributed by atoms with van der Waals surface area (Å²) in [5.74, 6) is 0. The molecule has 2 rings (SSSR count). The fraction of sp³-hybridized carbons (Fsp3) is 0.364. The molecule has 0 aliphatic carbocycles. The number of hydrogen-bond acceptors (Lipinski definition) is 2. The molecule has 0 unspecified atom stereocenters. The zero-order chi connectivity index (χ0) is 10.5. The smallest absolute Gasteiger partial charge is 0.321 e. The topological polar surface area (TPSA) is 44.4 Å². The van der Waals surface area contributed by atoms with E-state index >= 15 is 0 Å². The van der Waals surface area contributed by atoms with E-state index in [1.54, 1.807) is 0 Å². The van der Waals surface area contributed by atoms with Gasteiger partial charge in [-0.25, -0.2) is 4.79 Å². The molecule has 0 aromatic heterocycles. The largest absolute Gasteiger partial charge is 0.322 e. The molecule has 88 valence electrons. The fourth-order valence-corrected chi connectivity index (χ4v) is 1.59. The summed E-state index contributed by atoms with van der Waals surface area (Å²) in [6, 6.07) is 9.52. The molecule has 1 aromatic carbocycles. The highest BCUT2D eigenvalue weighted by molar-refractivity contribution is 5.89. The molecule has 0 bridgehead atoms. The number of carbonyl (C=O) groups excluding carboxylic acids is 1. The number of urea groups is 1. The van der Waals surface area contributed by atoms with Crippen LogP contribution in [0.15, 0.2) is 30.3 Å². The van der Waals surface area contributed by atoms with Crippen molar-refractivity contribution in [3.63, 3.8) is 0 Å². The minimum absolute atomic E-state index is 0. The summed E-state index contributed by atoms with van der Waals surface area (Å²) in [5, 5.41) is 6.08. The van der Waals surface area contributed by atoms with Crippen LogP contribution in [0, 0.1) is 0 Å². The molecule has 0 atom stereocenters. The maximum Gasteiger partial charge on any atom is 0.321 e. The van der Waals surface area contributed by atoms with Gasteiger partial charge in [-0.05, 0) is 12.1 Å². The minimum Gasteiger partial charge on any atom is -0.322 e. The average Bonchev–Trinajstić information content (AvgIpc) is 2.31. The third kappa shape index (κ3) is 3.40. The highest BCUT2D eigenvalue weighted by atomic mass is 35.5. The Hall–Kier alpha value is -1.26. The van der Waals surface area contributed by atoms with Gasteiger partial charge in [-0.3, -0.25) is 0 Å². The Morgan fingerprint density at radius 3 is 2.44 bits per heavy atom. The lowest BCUT2D eigenvalue weighted by atomic mass is 10.3. The van der Waals surface area contributed by atoms with Crippen molar-refractivity contribution in [2.24, 2.45) is 0 Å². The van der Waals surface area contributed by atoms with Gasteiger partial charge in [0.15, 0.2) is 0 Å². The van der Waals surface area contributed by atoms with Crippen molar-refractivity contribution >= 4 is 24.1 Å². The molecular weight excluding hydrogens is 226 g/mol. The number of piperazine rings is 1. The van der Waals surface area contributed by atoms with Crippen molar-refractivity contribution in [3.8, 4) is 0 Å². The van der Waals surface area contributed by atoms with Gasteiger partial charge in [-0.15, -0.1) is 12.4 Å². The van der Waals surface area contributed by atoms with Gasteiger partial charge >= 0.3 is 6.03 Å². The van der Waals surface area contributed by atoms with E-state index in [2.05, 4.69) is 10.6 Å². The van der Waals surface area contributed by atoms with Crippen LogP contribution in [-0.2, 0) is 0 Å². The number of nitrogens with zero attached hydrogens (tertiary/aromatic N) is 1. The molecule has 1 aliphatic heterocycles. The molecular formula is C11H16ClN3O. The van der Waals surface area contributed by atoms with E-state index in [9.17, 15) is 4.79 Å². The first kappa shape index (κ1) is 12.8. The van der Waals surface area contributed by atoms with Crippen LogP contribution in [0.5, 0.6) is 0 Å². The summed E-state index contributed by atoms with van der Waals surface area (Å²) < 4.78 is 0. The maximum atomic E-state index is 11.8. The Labute approximate surface area is 101 Å². The second-order valence-corrected chi connectivity index (χ2v) is 3.53. The predicted octanol–water partition coefficient (Wildman–Crippen LogP) is 1.55. The molecule has 1 fully saturated rings. The summed E-state index contributed by atoms with van der Waals surface area (Å²) in [6.45, 7) is 3.31. The van der Waals surface area contributed by atoms with Crippen molar-refractivity contribution in [2.45, 2.75) is 0 Å². The molecule has 4 nitrogen and oxygen atoms in total. The number of anilines is 1. The highest BCUT2D eigenvalue weighted by Crippen LogP contribution is 2.06. The van der Waals surface area contributed by atoms with Crippen LogP contribution in [-0.4, -0.2) is 37.1 Å². The molecule has 0 radical (unpaired) electrons. The van der Waals surface area contributed by atoms with Crippen molar-refractivity contribution < 1.29 is 4.79 Å². The van der Waals surface area contributed by atoms with Crippen LogP contribution in [0.3, 0.4) is 0 Å². The van der Waals surface area contributed by atoms with Crippen LogP contribution in [0.1, 0.15) is 0 Å². The molecule has 1 saturated heterocycles. The molecule has 1 aromatic rings. The Kier molecular flexibility index (Phi) is 5.08. The van der Waals surface area contributed by atoms with E-state index in [1.807, 2.05) is 35.2 Å². The molecule has 16 heavy (non-hydrogen) atoms. The number of halogens is 1. The third-order valence-electron chi connectivity index (χ3n) is 2.43. The van der Waals surface area contributed by atoms with Gasteiger partial charge in [0.05, 0.1) is 0 Å². The van der Waals surface area contributed by atoms with E-state index < -0.39 is 0 Å². The summed E-state index contributed by atoms with van der Waals surface area (Å²) in [5.41, 5.74) is 0.848. The lowest BCUT2D eigenvalue weighted by molar-refractivity contribution is 0.204. The second kappa shape index (κ2) is 6.35. The zero-order valence-electron chi connectivity index (χ0n) is 8.98. The highest BCUT2D eigenvalue weighted by Gasteiger charge is 2.15. The van der Waals surface area contributed by atoms with E-state index in [0.717, 1.165) is 31.9 Å². The summed E-state index contributed by atoms with van der Waals surface area (Å²) in [7, 11) is 0. The first-order chi connectivity index (χ1) is 7.36. The Morgan fingerprint density at radius 1 is 1.19 bits per heavy atom. The number of nitrogens with one attached hydrogen (secondary N) is 2. The zero-order valence-corrected chi connectivity index (χ0v) is 9.80. The van der Waals surface area contributed by atoms with Crippen molar-refractivity contribution in [1.29, 1.82) is 0 Å². The van der Waals surface area contributed by atoms with Crippen LogP contribution < -0.4 is 10.6 Å². The van der Waals surface area contributed by atoms with Crippen molar-refractivity contribution in [2.75, 3.05) is 31.5 Å². The number of hydrogen-bond donors (Lipinski definition) is 2. The van der Waals surface area contributed by atoms with E-state index in [4.69, 9.17) is 0 Å². The summed E-state index contributed by atoms with van der Waals surface area (Å²) in [6.07, 6.45) is 0. The first-order valence-corrected chi connectivity index (χ1v) is 5.18. The quantitative estimate of drug-likeness (QED) is 0.784. The number of amides is 2. The van der Waals surface area contributed by atoms with Gasteiger partial charge < -0.3 is 15.5 Å². The van der Waals surface area contributed by atoms with Gasteiger partial charge in [0, 0.05) is 31.9 Å². The number of carbonyl (C=O) groups is 1. The third-order valence-corrected chi connectivity index (χ3v) is 2.43. The van der Waals surface area contributed by atoms with Gasteiger partial charge in [-0.2, -0.15) is 0 Å². The van der Waals surface area contributed by atoms with Crippen molar-refractivity contribution in [3.05, 3.63) is 30.3 Å². The lowest BCUT2D eigenvalue weighted by Crippen LogP contribution is -2.48. The summed E-state index contributed by atoms with van der Waals surface area (Å²) in [4.78, 5) is 13.6. The number of rotatable bonds is 1. The average molecular weight is 242 g/mol. The second-order valence-electron chi connectivity index (χ2n) is 3.53. The lowest BCUT2D eigenvalue weighted by Gasteiger charge is -2.27. The normalized spacial score (nSPS) is 15.1. The van der Waals surface area contributed by atoms with E-state index in [-0.39, 0.29) is 18.4 Å². The van der Waals surface area contributed by atoms with Crippen LogP contribution >= 0.6 is 12.4 Å². The monoisotopic (exact) mass is 241 g/mol. The molecule has 0 saturated carbocycles. The Balaban J connectivity index is 0.00000128. The molecule has 1 heterocycles. The van der Waals surface area contributed by atoms with E-state index in [0.29, 0.717) is 0 Å². The fourth-order valence-electron chi connectivity index (χ4n) is 1.59. The van der Waals surface area contributed by atoms with Gasteiger partial charge in [0.25, 0.3) is 0 Å². The molecule has 2 amide bonds. The minimum atomic E-state index is -0.0114. The molecule has 2 N–H and O–H groups in total. The Bertz CT molecular complexity index is 325. The van der Waals surface area contributed by atoms with Gasteiger partial charge in [-0.1, -0.05) is 18.2 Å². The SMILES string of the molecule is Cl.O=C(Nc1ccccc1)N1CCNCC1. The summed E-state index contributed by atoms with van der Waals surface area (Å²) >= 11 is 0. The van der Waals surface area contributed by atoms with Crippen molar-refractivity contribution in [1.82, 2.24) is 10.2 Å². The predicted molar refractivity (Wildman–Crippen MR) is 67.2 cm³/mol. The Morgan fingerprint density at radius 2 is 1.81 bits per heavy atom. The molecule has 1 aliphatic rings. The maximum absolute atomic E-state index is 11.8. The van der Waals surface area contributed by atoms with Gasteiger partial charge in [0.1, 0.15) is 0 Å². The van der Waals surface area contributed by atoms with Gasteiger partial charge in [0.2, 0.25) is 0 Å². The molecule has 5 heteroatoms. The molecule has 0 spiro atoms. The van der Waals surface area contributed by atoms with Crippen LogP contribution in [0.4, 0.5) is 10.5 Å². The number of benzene rings is 1. The van der Waals surface area contributed by atoms with E-state index in [1.165, 1.54) is 0 Å².